The molecule has 1 N–H and O–H groups in total. The van der Waals surface area contributed by atoms with Crippen molar-refractivity contribution in [2.75, 3.05) is 14.2 Å². The quantitative estimate of drug-likeness (QED) is 0.895. The van der Waals surface area contributed by atoms with E-state index < -0.39 is 6.10 Å². The van der Waals surface area contributed by atoms with Crippen molar-refractivity contribution in [2.24, 2.45) is 0 Å². The zero-order chi connectivity index (χ0) is 13.8. The van der Waals surface area contributed by atoms with E-state index in [0.29, 0.717) is 11.5 Å². The van der Waals surface area contributed by atoms with Gasteiger partial charge in [0, 0.05) is 18.3 Å². The summed E-state index contributed by atoms with van der Waals surface area (Å²) in [5, 5.41) is 14.5. The Labute approximate surface area is 112 Å². The van der Waals surface area contributed by atoms with Crippen molar-refractivity contribution in [3.63, 3.8) is 0 Å². The van der Waals surface area contributed by atoms with Crippen LogP contribution in [0.25, 0.3) is 0 Å². The molecule has 0 saturated carbocycles. The maximum absolute atomic E-state index is 10.3. The minimum Gasteiger partial charge on any atom is -0.493 e. The van der Waals surface area contributed by atoms with E-state index in [9.17, 15) is 5.11 Å². The van der Waals surface area contributed by atoms with Gasteiger partial charge in [0.1, 0.15) is 6.10 Å². The minimum atomic E-state index is -0.722. The van der Waals surface area contributed by atoms with E-state index in [1.54, 1.807) is 37.2 Å². The van der Waals surface area contributed by atoms with Crippen LogP contribution in [0.3, 0.4) is 0 Å². The molecule has 1 atom stereocenters. The largest absolute Gasteiger partial charge is 0.493 e. The highest BCUT2D eigenvalue weighted by atomic mass is 16.5. The summed E-state index contributed by atoms with van der Waals surface area (Å²) < 4.78 is 12.2. The van der Waals surface area contributed by atoms with E-state index in [2.05, 4.69) is 5.10 Å². The number of aromatic nitrogens is 2. The lowest BCUT2D eigenvalue weighted by Gasteiger charge is -2.13. The molecule has 0 radical (unpaired) electrons. The number of rotatable bonds is 5. The van der Waals surface area contributed by atoms with Crippen LogP contribution >= 0.6 is 0 Å². The maximum Gasteiger partial charge on any atom is 0.161 e. The van der Waals surface area contributed by atoms with Crippen LogP contribution in [-0.2, 0) is 6.54 Å². The highest BCUT2D eigenvalue weighted by Crippen LogP contribution is 2.31. The van der Waals surface area contributed by atoms with Crippen LogP contribution in [0.5, 0.6) is 11.5 Å². The van der Waals surface area contributed by atoms with E-state index in [-0.39, 0.29) is 0 Å². The van der Waals surface area contributed by atoms with Crippen molar-refractivity contribution in [3.05, 3.63) is 41.7 Å². The summed E-state index contributed by atoms with van der Waals surface area (Å²) in [6.07, 6.45) is 2.78. The first-order valence-corrected chi connectivity index (χ1v) is 6.12. The monoisotopic (exact) mass is 262 g/mol. The fourth-order valence-corrected chi connectivity index (χ4v) is 1.91. The number of aliphatic hydroxyl groups is 1. The molecule has 1 aromatic heterocycles. The first-order valence-electron chi connectivity index (χ1n) is 6.12. The lowest BCUT2D eigenvalue weighted by molar-refractivity contribution is 0.219. The fraction of sp³-hybridized carbons (Fsp3) is 0.357. The molecule has 2 aromatic rings. The molecule has 19 heavy (non-hydrogen) atoms. The Morgan fingerprint density at radius 1 is 1.21 bits per heavy atom. The number of aryl methyl sites for hydroxylation is 1. The van der Waals surface area contributed by atoms with Gasteiger partial charge in [-0.25, -0.2) is 0 Å². The smallest absolute Gasteiger partial charge is 0.161 e. The van der Waals surface area contributed by atoms with Crippen LogP contribution in [0, 0.1) is 0 Å². The Balaban J connectivity index is 2.30. The Morgan fingerprint density at radius 2 is 1.95 bits per heavy atom. The Morgan fingerprint density at radius 3 is 2.53 bits per heavy atom. The molecule has 0 aliphatic carbocycles. The highest BCUT2D eigenvalue weighted by Gasteiger charge is 2.15. The van der Waals surface area contributed by atoms with E-state index in [1.165, 1.54) is 0 Å². The second-order valence-electron chi connectivity index (χ2n) is 4.15. The van der Waals surface area contributed by atoms with Gasteiger partial charge in [0.15, 0.2) is 11.5 Å². The predicted octanol–water partition coefficient (Wildman–Crippen LogP) is 2.00. The summed E-state index contributed by atoms with van der Waals surface area (Å²) in [6.45, 7) is 2.78. The van der Waals surface area contributed by atoms with Gasteiger partial charge in [0.25, 0.3) is 0 Å². The molecule has 1 heterocycles. The summed E-state index contributed by atoms with van der Waals surface area (Å²) in [6, 6.07) is 5.36. The summed E-state index contributed by atoms with van der Waals surface area (Å²) >= 11 is 0. The van der Waals surface area contributed by atoms with E-state index in [4.69, 9.17) is 9.47 Å². The minimum absolute atomic E-state index is 0.599. The van der Waals surface area contributed by atoms with Crippen molar-refractivity contribution in [3.8, 4) is 11.5 Å². The normalized spacial score (nSPS) is 12.2. The van der Waals surface area contributed by atoms with Crippen molar-refractivity contribution < 1.29 is 14.6 Å². The van der Waals surface area contributed by atoms with Gasteiger partial charge in [-0.15, -0.1) is 0 Å². The third-order valence-corrected chi connectivity index (χ3v) is 3.02. The highest BCUT2D eigenvalue weighted by molar-refractivity contribution is 5.44. The number of benzene rings is 1. The van der Waals surface area contributed by atoms with E-state index >= 15 is 0 Å². The summed E-state index contributed by atoms with van der Waals surface area (Å²) in [5.74, 6) is 1.24. The summed E-state index contributed by atoms with van der Waals surface area (Å²) in [5.41, 5.74) is 1.50. The molecule has 0 fully saturated rings. The zero-order valence-corrected chi connectivity index (χ0v) is 11.3. The molecule has 1 unspecified atom stereocenters. The maximum atomic E-state index is 10.3. The van der Waals surface area contributed by atoms with Crippen LogP contribution in [0.2, 0.25) is 0 Å². The van der Waals surface area contributed by atoms with Crippen molar-refractivity contribution in [1.82, 2.24) is 9.78 Å². The van der Waals surface area contributed by atoms with Crippen molar-refractivity contribution in [1.29, 1.82) is 0 Å². The lowest BCUT2D eigenvalue weighted by atomic mass is 10.0. The van der Waals surface area contributed by atoms with Gasteiger partial charge >= 0.3 is 0 Å². The molecule has 5 heteroatoms. The fourth-order valence-electron chi connectivity index (χ4n) is 1.91. The van der Waals surface area contributed by atoms with Gasteiger partial charge in [-0.2, -0.15) is 5.10 Å². The van der Waals surface area contributed by atoms with Crippen LogP contribution in [0.15, 0.2) is 30.6 Å². The van der Waals surface area contributed by atoms with Crippen molar-refractivity contribution in [2.45, 2.75) is 19.6 Å². The number of aliphatic hydroxyl groups excluding tert-OH is 1. The molecule has 102 valence electrons. The molecule has 0 aliphatic heterocycles. The number of ether oxygens (including phenoxy) is 2. The molecule has 2 rings (SSSR count). The Bertz CT molecular complexity index is 551. The molecule has 5 nitrogen and oxygen atoms in total. The topological polar surface area (TPSA) is 56.5 Å². The van der Waals surface area contributed by atoms with Crippen LogP contribution in [-0.4, -0.2) is 29.1 Å². The average Bonchev–Trinajstić information content (AvgIpc) is 2.94. The van der Waals surface area contributed by atoms with Crippen molar-refractivity contribution >= 4 is 0 Å². The Kier molecular flexibility index (Phi) is 4.06. The number of hydrogen-bond acceptors (Lipinski definition) is 4. The molecule has 0 bridgehead atoms. The number of methoxy groups -OCH3 is 2. The molecule has 0 saturated heterocycles. The summed E-state index contributed by atoms with van der Waals surface area (Å²) in [7, 11) is 3.16. The SMILES string of the molecule is CCn1cc(C(O)c2ccc(OC)c(OC)c2)cn1. The van der Waals surface area contributed by atoms with E-state index in [0.717, 1.165) is 17.7 Å². The second kappa shape index (κ2) is 5.75. The van der Waals surface area contributed by atoms with E-state index in [1.807, 2.05) is 19.2 Å². The lowest BCUT2D eigenvalue weighted by Crippen LogP contribution is -2.00. The third-order valence-electron chi connectivity index (χ3n) is 3.02. The predicted molar refractivity (Wildman–Crippen MR) is 71.5 cm³/mol. The van der Waals surface area contributed by atoms with Gasteiger partial charge in [0.05, 0.1) is 20.4 Å². The van der Waals surface area contributed by atoms with Gasteiger partial charge in [-0.3, -0.25) is 4.68 Å². The van der Waals surface area contributed by atoms with Gasteiger partial charge in [-0.05, 0) is 24.6 Å². The van der Waals surface area contributed by atoms with Crippen LogP contribution < -0.4 is 9.47 Å². The van der Waals surface area contributed by atoms with Gasteiger partial charge in [0.2, 0.25) is 0 Å². The van der Waals surface area contributed by atoms with Gasteiger partial charge in [-0.1, -0.05) is 6.07 Å². The molecule has 1 aromatic carbocycles. The van der Waals surface area contributed by atoms with Crippen LogP contribution in [0.4, 0.5) is 0 Å². The Hall–Kier alpha value is -2.01. The summed E-state index contributed by atoms with van der Waals surface area (Å²) in [4.78, 5) is 0. The standard InChI is InChI=1S/C14H18N2O3/c1-4-16-9-11(8-15-16)14(17)10-5-6-12(18-2)13(7-10)19-3/h5-9,14,17H,4H2,1-3H3. The molecular formula is C14H18N2O3. The van der Waals surface area contributed by atoms with Crippen LogP contribution in [0.1, 0.15) is 24.2 Å². The first kappa shape index (κ1) is 13.4. The molecule has 0 spiro atoms. The zero-order valence-electron chi connectivity index (χ0n) is 11.3. The molecular weight excluding hydrogens is 244 g/mol. The first-order chi connectivity index (χ1) is 9.19. The third kappa shape index (κ3) is 2.71. The van der Waals surface area contributed by atoms with Gasteiger partial charge < -0.3 is 14.6 Å². The number of nitrogens with zero attached hydrogens (tertiary/aromatic N) is 2. The average molecular weight is 262 g/mol. The second-order valence-corrected chi connectivity index (χ2v) is 4.15. The molecule has 0 amide bonds. The molecule has 0 aliphatic rings. The number of hydrogen-bond donors (Lipinski definition) is 1.